The first-order valence-electron chi connectivity index (χ1n) is 9.35. The number of hydrogen-bond acceptors (Lipinski definition) is 4. The van der Waals surface area contributed by atoms with Crippen LogP contribution in [0.4, 0.5) is 0 Å². The number of nitrogens with zero attached hydrogens (tertiary/aromatic N) is 3. The lowest BCUT2D eigenvalue weighted by atomic mass is 10.2. The highest BCUT2D eigenvalue weighted by Crippen LogP contribution is 2.11. The van der Waals surface area contributed by atoms with Crippen molar-refractivity contribution in [2.24, 2.45) is 4.99 Å². The van der Waals surface area contributed by atoms with Crippen molar-refractivity contribution < 1.29 is 4.74 Å². The monoisotopic (exact) mass is 347 g/mol. The van der Waals surface area contributed by atoms with Gasteiger partial charge in [0, 0.05) is 45.8 Å². The minimum absolute atomic E-state index is 0.661. The van der Waals surface area contributed by atoms with E-state index in [0.29, 0.717) is 6.54 Å². The summed E-state index contributed by atoms with van der Waals surface area (Å²) in [6.45, 7) is 13.7. The fourth-order valence-electron chi connectivity index (χ4n) is 2.90. The molecule has 0 amide bonds. The topological polar surface area (TPSA) is 52.1 Å². The molecule has 0 unspecified atom stereocenters. The molecule has 1 aliphatic rings. The van der Waals surface area contributed by atoms with Gasteiger partial charge in [0.15, 0.2) is 5.96 Å². The first kappa shape index (κ1) is 19.5. The van der Waals surface area contributed by atoms with Crippen LogP contribution in [0.15, 0.2) is 29.3 Å². The van der Waals surface area contributed by atoms with Gasteiger partial charge in [-0.05, 0) is 31.2 Å². The number of guanidine groups is 1. The molecule has 2 rings (SSSR count). The van der Waals surface area contributed by atoms with Crippen LogP contribution in [0.25, 0.3) is 0 Å². The van der Waals surface area contributed by atoms with E-state index in [2.05, 4.69) is 51.4 Å². The number of methoxy groups -OCH3 is 1. The molecule has 1 fully saturated rings. The lowest BCUT2D eigenvalue weighted by Crippen LogP contribution is -2.49. The molecule has 140 valence electrons. The average molecular weight is 348 g/mol. The van der Waals surface area contributed by atoms with Crippen LogP contribution in [-0.2, 0) is 6.54 Å². The number of rotatable bonds is 8. The Morgan fingerprint density at radius 2 is 1.72 bits per heavy atom. The molecule has 0 radical (unpaired) electrons. The van der Waals surface area contributed by atoms with Gasteiger partial charge in [-0.15, -0.1) is 0 Å². The number of ether oxygens (including phenoxy) is 1. The molecular formula is C19H33N5O. The van der Waals surface area contributed by atoms with Crippen LogP contribution in [0.1, 0.15) is 19.4 Å². The summed E-state index contributed by atoms with van der Waals surface area (Å²) >= 11 is 0. The molecule has 2 N–H and O–H groups in total. The van der Waals surface area contributed by atoms with Gasteiger partial charge in [0.1, 0.15) is 5.75 Å². The van der Waals surface area contributed by atoms with Crippen molar-refractivity contribution in [3.63, 3.8) is 0 Å². The smallest absolute Gasteiger partial charge is 0.191 e. The third-order valence-corrected chi connectivity index (χ3v) is 4.56. The zero-order valence-corrected chi connectivity index (χ0v) is 15.9. The van der Waals surface area contributed by atoms with Crippen LogP contribution in [0, 0.1) is 0 Å². The molecule has 0 bridgehead atoms. The van der Waals surface area contributed by atoms with Gasteiger partial charge in [0.05, 0.1) is 13.7 Å². The Kier molecular flexibility index (Phi) is 8.55. The third-order valence-electron chi connectivity index (χ3n) is 4.56. The van der Waals surface area contributed by atoms with E-state index >= 15 is 0 Å². The predicted molar refractivity (Wildman–Crippen MR) is 104 cm³/mol. The highest BCUT2D eigenvalue weighted by atomic mass is 16.5. The normalized spacial score (nSPS) is 16.7. The van der Waals surface area contributed by atoms with Crippen LogP contribution in [-0.4, -0.2) is 75.2 Å². The molecule has 0 spiro atoms. The number of aliphatic imine (C=N–C) groups is 1. The Hall–Kier alpha value is -1.79. The predicted octanol–water partition coefficient (Wildman–Crippen LogP) is 1.39. The molecule has 0 aliphatic carbocycles. The fraction of sp³-hybridized carbons (Fsp3) is 0.632. The van der Waals surface area contributed by atoms with Crippen molar-refractivity contribution in [3.8, 4) is 5.75 Å². The minimum atomic E-state index is 0.661. The molecule has 6 heteroatoms. The van der Waals surface area contributed by atoms with E-state index in [4.69, 9.17) is 4.74 Å². The van der Waals surface area contributed by atoms with Crippen LogP contribution in [0.2, 0.25) is 0 Å². The van der Waals surface area contributed by atoms with Gasteiger partial charge in [0.2, 0.25) is 0 Å². The molecule has 0 saturated carbocycles. The van der Waals surface area contributed by atoms with Gasteiger partial charge in [-0.1, -0.05) is 19.1 Å². The molecule has 0 aromatic heterocycles. The minimum Gasteiger partial charge on any atom is -0.497 e. The number of nitrogens with one attached hydrogen (secondary N) is 2. The summed E-state index contributed by atoms with van der Waals surface area (Å²) in [5.74, 6) is 1.76. The summed E-state index contributed by atoms with van der Waals surface area (Å²) < 4.78 is 5.19. The molecule has 1 aliphatic heterocycles. The Morgan fingerprint density at radius 3 is 2.32 bits per heavy atom. The molecule has 1 heterocycles. The summed E-state index contributed by atoms with van der Waals surface area (Å²) in [6, 6.07) is 8.06. The van der Waals surface area contributed by atoms with Gasteiger partial charge in [-0.3, -0.25) is 4.90 Å². The zero-order valence-electron chi connectivity index (χ0n) is 15.9. The van der Waals surface area contributed by atoms with Crippen LogP contribution >= 0.6 is 0 Å². The zero-order chi connectivity index (χ0) is 17.9. The third kappa shape index (κ3) is 6.92. The molecular weight excluding hydrogens is 314 g/mol. The number of benzene rings is 1. The summed E-state index contributed by atoms with van der Waals surface area (Å²) in [5.41, 5.74) is 1.17. The van der Waals surface area contributed by atoms with E-state index < -0.39 is 0 Å². The van der Waals surface area contributed by atoms with Crippen molar-refractivity contribution in [3.05, 3.63) is 29.8 Å². The molecule has 6 nitrogen and oxygen atoms in total. The molecule has 1 aromatic rings. The summed E-state index contributed by atoms with van der Waals surface area (Å²) in [6.07, 6.45) is 0. The maximum absolute atomic E-state index is 5.19. The maximum atomic E-state index is 5.19. The summed E-state index contributed by atoms with van der Waals surface area (Å²) in [5, 5.41) is 6.76. The first-order chi connectivity index (χ1) is 12.2. The van der Waals surface area contributed by atoms with E-state index in [1.54, 1.807) is 7.11 Å². The van der Waals surface area contributed by atoms with Gasteiger partial charge < -0.3 is 20.3 Å². The molecule has 25 heavy (non-hydrogen) atoms. The van der Waals surface area contributed by atoms with Gasteiger partial charge in [-0.2, -0.15) is 0 Å². The first-order valence-corrected chi connectivity index (χ1v) is 9.35. The van der Waals surface area contributed by atoms with Gasteiger partial charge >= 0.3 is 0 Å². The number of hydrogen-bond donors (Lipinski definition) is 2. The Bertz CT molecular complexity index is 509. The van der Waals surface area contributed by atoms with Crippen molar-refractivity contribution in [2.75, 3.05) is 59.5 Å². The maximum Gasteiger partial charge on any atom is 0.191 e. The van der Waals surface area contributed by atoms with E-state index in [1.807, 2.05) is 12.1 Å². The van der Waals surface area contributed by atoms with Crippen molar-refractivity contribution in [1.29, 1.82) is 0 Å². The van der Waals surface area contributed by atoms with Crippen LogP contribution in [0.3, 0.4) is 0 Å². The molecule has 1 aromatic carbocycles. The van der Waals surface area contributed by atoms with E-state index in [1.165, 1.54) is 18.7 Å². The second-order valence-corrected chi connectivity index (χ2v) is 6.25. The summed E-state index contributed by atoms with van der Waals surface area (Å²) in [4.78, 5) is 9.70. The Labute approximate surface area is 152 Å². The average Bonchev–Trinajstić information content (AvgIpc) is 2.67. The van der Waals surface area contributed by atoms with E-state index in [9.17, 15) is 0 Å². The largest absolute Gasteiger partial charge is 0.497 e. The standard InChI is InChI=1S/C19H33N5O/c1-4-20-19(22-16-17-6-8-18(25-3)9-7-17)21-10-11-24-14-12-23(5-2)13-15-24/h6-9H,4-5,10-16H2,1-3H3,(H2,20,21,22). The Balaban J connectivity index is 1.75. The van der Waals surface area contributed by atoms with Crippen molar-refractivity contribution in [2.45, 2.75) is 20.4 Å². The second-order valence-electron chi connectivity index (χ2n) is 6.25. The molecule has 1 saturated heterocycles. The highest BCUT2D eigenvalue weighted by molar-refractivity contribution is 5.79. The lowest BCUT2D eigenvalue weighted by molar-refractivity contribution is 0.139. The van der Waals surface area contributed by atoms with Crippen LogP contribution < -0.4 is 15.4 Å². The number of likely N-dealkylation sites (N-methyl/N-ethyl adjacent to an activating group) is 1. The van der Waals surface area contributed by atoms with Gasteiger partial charge in [0.25, 0.3) is 0 Å². The quantitative estimate of drug-likeness (QED) is 0.550. The lowest BCUT2D eigenvalue weighted by Gasteiger charge is -2.34. The van der Waals surface area contributed by atoms with Gasteiger partial charge in [-0.25, -0.2) is 4.99 Å². The van der Waals surface area contributed by atoms with Crippen LogP contribution in [0.5, 0.6) is 5.75 Å². The SMILES string of the molecule is CCNC(=NCc1ccc(OC)cc1)NCCN1CCN(CC)CC1. The van der Waals surface area contributed by atoms with Crippen molar-refractivity contribution >= 4 is 5.96 Å². The highest BCUT2D eigenvalue weighted by Gasteiger charge is 2.14. The second kappa shape index (κ2) is 10.9. The molecule has 0 atom stereocenters. The summed E-state index contributed by atoms with van der Waals surface area (Å²) in [7, 11) is 1.68. The fourth-order valence-corrected chi connectivity index (χ4v) is 2.90. The van der Waals surface area contributed by atoms with E-state index in [-0.39, 0.29) is 0 Å². The Morgan fingerprint density at radius 1 is 1.04 bits per heavy atom. The number of piperazine rings is 1. The van der Waals surface area contributed by atoms with Crippen molar-refractivity contribution in [1.82, 2.24) is 20.4 Å². The van der Waals surface area contributed by atoms with E-state index in [0.717, 1.165) is 51.0 Å².